The number of alkyl carbamates (subject to hydrolysis) is 1. The highest BCUT2D eigenvalue weighted by Gasteiger charge is 2.23. The summed E-state index contributed by atoms with van der Waals surface area (Å²) in [5.74, 6) is 1.32. The Morgan fingerprint density at radius 2 is 1.92 bits per heavy atom. The van der Waals surface area contributed by atoms with Crippen LogP contribution in [-0.2, 0) is 19.1 Å². The summed E-state index contributed by atoms with van der Waals surface area (Å²) in [6.45, 7) is 1.03. The predicted octanol–water partition coefficient (Wildman–Crippen LogP) is 2.36. The number of ether oxygens (including phenoxy) is 3. The Bertz CT molecular complexity index is 633. The number of hydrogen-bond donors (Lipinski definition) is 1. The summed E-state index contributed by atoms with van der Waals surface area (Å²) in [5.41, 5.74) is 1.03. The number of carbonyl (C=O) groups is 3. The van der Waals surface area contributed by atoms with Gasteiger partial charge < -0.3 is 14.2 Å². The molecule has 1 N–H and O–H groups in total. The Kier molecular flexibility index (Phi) is 7.45. The maximum absolute atomic E-state index is 11.9. The summed E-state index contributed by atoms with van der Waals surface area (Å²) in [6.07, 6.45) is -2.05. The predicted molar refractivity (Wildman–Crippen MR) is 95.7 cm³/mol. The standard InChI is InChI=1S/C16H19NO6S2/c1-10(14(19)17-16(20)21-2)23-13(18)9-22-12-6-4-3-5-11(12)15-24-7-8-25-15/h3-6,10,15H,7-9H2,1-2H3,(H,17,19,20)/t10-/m0/s1. The van der Waals surface area contributed by atoms with Gasteiger partial charge in [-0.3, -0.25) is 10.1 Å². The van der Waals surface area contributed by atoms with Crippen molar-refractivity contribution in [3.8, 4) is 5.75 Å². The first-order valence-corrected chi connectivity index (χ1v) is 9.64. The maximum Gasteiger partial charge on any atom is 0.413 e. The summed E-state index contributed by atoms with van der Waals surface area (Å²) in [7, 11) is 1.13. The van der Waals surface area contributed by atoms with Crippen molar-refractivity contribution in [2.75, 3.05) is 25.2 Å². The second-order valence-corrected chi connectivity index (χ2v) is 7.74. The molecule has 0 unspecified atom stereocenters. The number of esters is 1. The lowest BCUT2D eigenvalue weighted by Crippen LogP contribution is -2.40. The minimum absolute atomic E-state index is 0.289. The fourth-order valence-corrected chi connectivity index (χ4v) is 4.93. The molecule has 2 rings (SSSR count). The second kappa shape index (κ2) is 9.57. The van der Waals surface area contributed by atoms with E-state index in [4.69, 9.17) is 9.47 Å². The van der Waals surface area contributed by atoms with Crippen LogP contribution in [0.4, 0.5) is 4.79 Å². The van der Waals surface area contributed by atoms with Crippen molar-refractivity contribution in [3.05, 3.63) is 29.8 Å². The zero-order valence-electron chi connectivity index (χ0n) is 13.9. The minimum Gasteiger partial charge on any atom is -0.482 e. The van der Waals surface area contributed by atoms with Crippen molar-refractivity contribution in [2.24, 2.45) is 0 Å². The Labute approximate surface area is 154 Å². The SMILES string of the molecule is COC(=O)NC(=O)[C@H](C)OC(=O)COc1ccccc1C1SCCS1. The third-order valence-corrected chi connectivity index (χ3v) is 6.30. The normalized spacial score (nSPS) is 15.3. The number of imide groups is 1. The van der Waals surface area contributed by atoms with Gasteiger partial charge in [-0.25, -0.2) is 9.59 Å². The Balaban J connectivity index is 1.86. The number of para-hydroxylation sites is 1. The van der Waals surface area contributed by atoms with Gasteiger partial charge in [0, 0.05) is 17.1 Å². The molecule has 0 radical (unpaired) electrons. The van der Waals surface area contributed by atoms with Gasteiger partial charge in [-0.05, 0) is 13.0 Å². The summed E-state index contributed by atoms with van der Waals surface area (Å²) in [6, 6.07) is 7.54. The van der Waals surface area contributed by atoms with Crippen LogP contribution in [0.2, 0.25) is 0 Å². The van der Waals surface area contributed by atoms with Gasteiger partial charge in [-0.15, -0.1) is 23.5 Å². The molecule has 0 saturated carbocycles. The van der Waals surface area contributed by atoms with Crippen LogP contribution in [0.3, 0.4) is 0 Å². The molecule has 0 aliphatic carbocycles. The van der Waals surface area contributed by atoms with Crippen LogP contribution in [0.15, 0.2) is 24.3 Å². The summed E-state index contributed by atoms with van der Waals surface area (Å²) in [5, 5.41) is 1.93. The van der Waals surface area contributed by atoms with E-state index in [1.54, 1.807) is 6.07 Å². The lowest BCUT2D eigenvalue weighted by Gasteiger charge is -2.16. The topological polar surface area (TPSA) is 90.9 Å². The summed E-state index contributed by atoms with van der Waals surface area (Å²) < 4.78 is 15.1. The van der Waals surface area contributed by atoms with Crippen LogP contribution in [0.5, 0.6) is 5.75 Å². The minimum atomic E-state index is -1.13. The van der Waals surface area contributed by atoms with E-state index in [-0.39, 0.29) is 11.2 Å². The highest BCUT2D eigenvalue weighted by molar-refractivity contribution is 8.19. The fourth-order valence-electron chi connectivity index (χ4n) is 2.02. The molecule has 0 spiro atoms. The van der Waals surface area contributed by atoms with Crippen LogP contribution in [0, 0.1) is 0 Å². The van der Waals surface area contributed by atoms with Crippen molar-refractivity contribution < 1.29 is 28.6 Å². The van der Waals surface area contributed by atoms with Gasteiger partial charge in [0.1, 0.15) is 5.75 Å². The largest absolute Gasteiger partial charge is 0.482 e. The van der Waals surface area contributed by atoms with Gasteiger partial charge >= 0.3 is 12.1 Å². The molecule has 1 heterocycles. The molecule has 1 fully saturated rings. The highest BCUT2D eigenvalue weighted by atomic mass is 32.2. The lowest BCUT2D eigenvalue weighted by molar-refractivity contribution is -0.156. The molecule has 1 aliphatic heterocycles. The Morgan fingerprint density at radius 1 is 1.24 bits per heavy atom. The van der Waals surface area contributed by atoms with Crippen LogP contribution in [-0.4, -0.2) is 49.3 Å². The number of carbonyl (C=O) groups excluding carboxylic acids is 3. The van der Waals surface area contributed by atoms with Crippen molar-refractivity contribution in [2.45, 2.75) is 17.6 Å². The van der Waals surface area contributed by atoms with Gasteiger partial charge in [0.05, 0.1) is 11.7 Å². The molecule has 25 heavy (non-hydrogen) atoms. The molecule has 1 aromatic carbocycles. The van der Waals surface area contributed by atoms with E-state index in [1.807, 2.05) is 47.0 Å². The second-order valence-electron chi connectivity index (χ2n) is 5.01. The molecule has 1 aromatic rings. The van der Waals surface area contributed by atoms with E-state index in [2.05, 4.69) is 4.74 Å². The summed E-state index contributed by atoms with van der Waals surface area (Å²) in [4.78, 5) is 34.4. The van der Waals surface area contributed by atoms with Crippen LogP contribution in [0.25, 0.3) is 0 Å². The zero-order valence-corrected chi connectivity index (χ0v) is 15.5. The fraction of sp³-hybridized carbons (Fsp3) is 0.438. The van der Waals surface area contributed by atoms with Crippen molar-refractivity contribution in [1.82, 2.24) is 5.32 Å². The van der Waals surface area contributed by atoms with E-state index >= 15 is 0 Å². The number of rotatable bonds is 6. The van der Waals surface area contributed by atoms with E-state index in [0.717, 1.165) is 24.2 Å². The molecule has 2 amide bonds. The third-order valence-electron chi connectivity index (χ3n) is 3.23. The van der Waals surface area contributed by atoms with Crippen LogP contribution < -0.4 is 10.1 Å². The summed E-state index contributed by atoms with van der Waals surface area (Å²) >= 11 is 3.67. The molecule has 0 bridgehead atoms. The number of benzene rings is 1. The van der Waals surface area contributed by atoms with Crippen molar-refractivity contribution >= 4 is 41.5 Å². The number of methoxy groups -OCH3 is 1. The number of nitrogens with one attached hydrogen (secondary N) is 1. The molecule has 1 aliphatic rings. The van der Waals surface area contributed by atoms with Crippen LogP contribution >= 0.6 is 23.5 Å². The van der Waals surface area contributed by atoms with Gasteiger partial charge in [0.2, 0.25) is 0 Å². The van der Waals surface area contributed by atoms with Gasteiger partial charge in [0.25, 0.3) is 5.91 Å². The molecular formula is C16H19NO6S2. The van der Waals surface area contributed by atoms with Gasteiger partial charge in [-0.2, -0.15) is 0 Å². The first-order chi connectivity index (χ1) is 12.0. The van der Waals surface area contributed by atoms with Crippen molar-refractivity contribution in [3.63, 3.8) is 0 Å². The molecule has 9 heteroatoms. The molecule has 1 atom stereocenters. The molecule has 7 nitrogen and oxygen atoms in total. The number of hydrogen-bond acceptors (Lipinski definition) is 8. The Hall–Kier alpha value is -1.87. The molecule has 1 saturated heterocycles. The quantitative estimate of drug-likeness (QED) is 0.747. The smallest absolute Gasteiger partial charge is 0.413 e. The first-order valence-electron chi connectivity index (χ1n) is 7.54. The maximum atomic E-state index is 11.9. The van der Waals surface area contributed by atoms with Crippen molar-refractivity contribution in [1.29, 1.82) is 0 Å². The van der Waals surface area contributed by atoms with E-state index < -0.39 is 24.1 Å². The van der Waals surface area contributed by atoms with Crippen LogP contribution in [0.1, 0.15) is 17.1 Å². The molecule has 0 aromatic heterocycles. The third kappa shape index (κ3) is 5.86. The van der Waals surface area contributed by atoms with Gasteiger partial charge in [-0.1, -0.05) is 18.2 Å². The zero-order chi connectivity index (χ0) is 18.2. The Morgan fingerprint density at radius 3 is 2.60 bits per heavy atom. The van der Waals surface area contributed by atoms with E-state index in [9.17, 15) is 14.4 Å². The molecule has 136 valence electrons. The first kappa shape index (κ1) is 19.5. The lowest BCUT2D eigenvalue weighted by atomic mass is 10.2. The highest BCUT2D eigenvalue weighted by Crippen LogP contribution is 2.48. The number of amides is 2. The van der Waals surface area contributed by atoms with E-state index in [0.29, 0.717) is 5.75 Å². The van der Waals surface area contributed by atoms with Gasteiger partial charge in [0.15, 0.2) is 12.7 Å². The average molecular weight is 385 g/mol. The average Bonchev–Trinajstić information content (AvgIpc) is 3.14. The molecular weight excluding hydrogens is 366 g/mol. The van der Waals surface area contributed by atoms with E-state index in [1.165, 1.54) is 6.92 Å². The number of thioether (sulfide) groups is 2. The monoisotopic (exact) mass is 385 g/mol.